The molecule has 0 fully saturated rings. The first-order valence-electron chi connectivity index (χ1n) is 12.0. The zero-order chi connectivity index (χ0) is 25.6. The first-order chi connectivity index (χ1) is 17.9. The zero-order valence-corrected chi connectivity index (χ0v) is 22.6. The van der Waals surface area contributed by atoms with Gasteiger partial charge in [0, 0.05) is 22.9 Å². The van der Waals surface area contributed by atoms with Gasteiger partial charge in [-0.05, 0) is 41.5 Å². The summed E-state index contributed by atoms with van der Waals surface area (Å²) in [5.74, 6) is -0.261. The van der Waals surface area contributed by atoms with Crippen molar-refractivity contribution in [2.75, 3.05) is 17.2 Å². The molecule has 0 saturated heterocycles. The Morgan fingerprint density at radius 3 is 2.43 bits per heavy atom. The second-order valence-electron chi connectivity index (χ2n) is 9.02. The summed E-state index contributed by atoms with van der Waals surface area (Å²) in [6, 6.07) is 25.3. The Morgan fingerprint density at radius 2 is 1.65 bits per heavy atom. The molecule has 2 heterocycles. The molecule has 5 aromatic rings. The van der Waals surface area contributed by atoms with Crippen molar-refractivity contribution in [1.82, 2.24) is 0 Å². The maximum atomic E-state index is 11.4. The quantitative estimate of drug-likeness (QED) is 0.188. The van der Waals surface area contributed by atoms with Crippen LogP contribution in [0, 0.1) is 0 Å². The van der Waals surface area contributed by atoms with Crippen molar-refractivity contribution in [2.45, 2.75) is 11.3 Å². The average Bonchev–Trinajstić information content (AvgIpc) is 3.41. The van der Waals surface area contributed by atoms with E-state index in [9.17, 15) is 13.0 Å². The van der Waals surface area contributed by atoms with E-state index in [1.54, 1.807) is 23.1 Å². The average molecular weight is 546 g/mol. The molecule has 6 rings (SSSR count). The molecule has 5 nitrogen and oxygen atoms in total. The van der Waals surface area contributed by atoms with Gasteiger partial charge in [-0.15, -0.1) is 0 Å². The molecule has 0 unspecified atom stereocenters. The minimum atomic E-state index is -4.01. The summed E-state index contributed by atoms with van der Waals surface area (Å²) in [6.07, 6.45) is 6.63. The molecule has 1 N–H and O–H groups in total. The topological polar surface area (TPSA) is 61.5 Å². The smallest absolute Gasteiger partial charge is 0.264 e. The lowest BCUT2D eigenvalue weighted by Gasteiger charge is -2.21. The summed E-state index contributed by atoms with van der Waals surface area (Å²) in [5, 5.41) is 6.93. The first kappa shape index (κ1) is 24.2. The van der Waals surface area contributed by atoms with Crippen LogP contribution in [0.4, 0.5) is 5.69 Å². The van der Waals surface area contributed by atoms with Crippen LogP contribution in [0.25, 0.3) is 37.8 Å². The molecule has 0 atom stereocenters. The molecule has 1 aromatic heterocycles. The summed E-state index contributed by atoms with van der Waals surface area (Å²) in [7, 11) is -1.90. The Kier molecular flexibility index (Phi) is 6.28. The van der Waals surface area contributed by atoms with Crippen LogP contribution in [0.5, 0.6) is 0 Å². The van der Waals surface area contributed by atoms with Crippen LogP contribution in [-0.4, -0.2) is 25.3 Å². The minimum absolute atomic E-state index is 0.261. The number of aromatic nitrogens is 1. The van der Waals surface area contributed by atoms with E-state index in [0.29, 0.717) is 13.0 Å². The van der Waals surface area contributed by atoms with Crippen molar-refractivity contribution in [3.05, 3.63) is 95.0 Å². The molecule has 186 valence electrons. The second-order valence-corrected chi connectivity index (χ2v) is 12.7. The molecule has 0 saturated carbocycles. The monoisotopic (exact) mass is 545 g/mol. The molecule has 0 bridgehead atoms. The standard InChI is InChI=1S/C29H24N2O3S3/c1-30-26(35-24-16-14-20-8-2-4-10-22(20)28(24)30)12-6-13-27-31(18-7-19-37(32,33)34)29-23-11-5-3-9-21(23)15-17-25(29)36-27/h2-6,8-17H,7,18-19H2,1H3/p+1. The number of hydrogen-bond donors (Lipinski definition) is 1. The van der Waals surface area contributed by atoms with E-state index in [1.807, 2.05) is 12.1 Å². The van der Waals surface area contributed by atoms with Gasteiger partial charge in [-0.3, -0.25) is 4.55 Å². The van der Waals surface area contributed by atoms with Gasteiger partial charge in [-0.25, -0.2) is 0 Å². The number of rotatable bonds is 6. The number of thiazole rings is 1. The highest BCUT2D eigenvalue weighted by Crippen LogP contribution is 2.49. The van der Waals surface area contributed by atoms with Crippen molar-refractivity contribution in [2.24, 2.45) is 7.05 Å². The number of fused-ring (bicyclic) bond motifs is 6. The van der Waals surface area contributed by atoms with Gasteiger partial charge in [0.25, 0.3) is 15.1 Å². The van der Waals surface area contributed by atoms with Crippen LogP contribution in [0.1, 0.15) is 11.4 Å². The molecular formula is C29H25N2O3S3+. The Morgan fingerprint density at radius 1 is 0.946 bits per heavy atom. The third-order valence-electron chi connectivity index (χ3n) is 6.62. The largest absolute Gasteiger partial charge is 0.334 e. The molecule has 0 aliphatic carbocycles. The fourth-order valence-electron chi connectivity index (χ4n) is 4.94. The number of hydrogen-bond acceptors (Lipinski definition) is 5. The summed E-state index contributed by atoms with van der Waals surface area (Å²) >= 11 is 3.44. The third-order valence-corrected chi connectivity index (χ3v) is 9.71. The Labute approximate surface area is 224 Å². The van der Waals surface area contributed by atoms with Gasteiger partial charge in [0.2, 0.25) is 5.52 Å². The van der Waals surface area contributed by atoms with E-state index >= 15 is 0 Å². The van der Waals surface area contributed by atoms with Crippen molar-refractivity contribution < 1.29 is 17.5 Å². The maximum Gasteiger partial charge on any atom is 0.264 e. The first-order valence-corrected chi connectivity index (χ1v) is 15.2. The lowest BCUT2D eigenvalue weighted by molar-refractivity contribution is -0.641. The second kappa shape index (κ2) is 9.61. The van der Waals surface area contributed by atoms with Crippen LogP contribution in [0.3, 0.4) is 0 Å². The number of aryl methyl sites for hydroxylation is 1. The zero-order valence-electron chi connectivity index (χ0n) is 20.2. The molecule has 4 aromatic carbocycles. The number of thioether (sulfide) groups is 1. The summed E-state index contributed by atoms with van der Waals surface area (Å²) < 4.78 is 35.5. The number of nitrogens with zero attached hydrogens (tertiary/aromatic N) is 2. The lowest BCUT2D eigenvalue weighted by Crippen LogP contribution is -2.29. The van der Waals surface area contributed by atoms with E-state index < -0.39 is 10.1 Å². The van der Waals surface area contributed by atoms with Gasteiger partial charge in [0.1, 0.15) is 11.7 Å². The maximum absolute atomic E-state index is 11.4. The summed E-state index contributed by atoms with van der Waals surface area (Å²) in [4.78, 5) is 3.32. The van der Waals surface area contributed by atoms with E-state index in [1.165, 1.54) is 21.0 Å². The molecule has 0 spiro atoms. The highest BCUT2D eigenvalue weighted by Gasteiger charge is 2.27. The minimum Gasteiger partial charge on any atom is -0.334 e. The molecule has 1 aliphatic heterocycles. The van der Waals surface area contributed by atoms with Gasteiger partial charge in [-0.1, -0.05) is 83.8 Å². The fraction of sp³-hybridized carbons (Fsp3) is 0.138. The van der Waals surface area contributed by atoms with Crippen LogP contribution < -0.4 is 9.47 Å². The van der Waals surface area contributed by atoms with Crippen LogP contribution in [0.2, 0.25) is 0 Å². The van der Waals surface area contributed by atoms with Crippen molar-refractivity contribution >= 4 is 76.7 Å². The molecule has 0 amide bonds. The Balaban J connectivity index is 1.36. The molecule has 0 radical (unpaired) electrons. The molecular weight excluding hydrogens is 521 g/mol. The van der Waals surface area contributed by atoms with Crippen molar-refractivity contribution in [1.29, 1.82) is 0 Å². The van der Waals surface area contributed by atoms with Gasteiger partial charge in [0.15, 0.2) is 0 Å². The number of allylic oxidation sites excluding steroid dienone is 2. The van der Waals surface area contributed by atoms with Crippen molar-refractivity contribution in [3.63, 3.8) is 0 Å². The van der Waals surface area contributed by atoms with E-state index in [2.05, 4.69) is 95.4 Å². The predicted octanol–water partition coefficient (Wildman–Crippen LogP) is 6.78. The van der Waals surface area contributed by atoms with Gasteiger partial charge in [0.05, 0.1) is 21.9 Å². The Bertz CT molecular complexity index is 1840. The fourth-order valence-corrected chi connectivity index (χ4v) is 7.63. The molecule has 1 aliphatic rings. The van der Waals surface area contributed by atoms with E-state index in [4.69, 9.17) is 0 Å². The predicted molar refractivity (Wildman–Crippen MR) is 156 cm³/mol. The van der Waals surface area contributed by atoms with Crippen LogP contribution in [-0.2, 0) is 17.2 Å². The summed E-state index contributed by atoms with van der Waals surface area (Å²) in [5.41, 5.74) is 2.33. The van der Waals surface area contributed by atoms with E-state index in [-0.39, 0.29) is 5.75 Å². The Hall–Kier alpha value is -3.17. The lowest BCUT2D eigenvalue weighted by atomic mass is 10.1. The highest BCUT2D eigenvalue weighted by atomic mass is 32.2. The van der Waals surface area contributed by atoms with Crippen LogP contribution >= 0.6 is 23.1 Å². The third kappa shape index (κ3) is 4.66. The molecule has 8 heteroatoms. The normalized spacial score (nSPS) is 15.1. The van der Waals surface area contributed by atoms with Crippen LogP contribution in [0.15, 0.2) is 94.9 Å². The van der Waals surface area contributed by atoms with Crippen molar-refractivity contribution in [3.8, 4) is 0 Å². The van der Waals surface area contributed by atoms with E-state index in [0.717, 1.165) is 31.4 Å². The van der Waals surface area contributed by atoms with Gasteiger partial charge >= 0.3 is 0 Å². The molecule has 37 heavy (non-hydrogen) atoms. The van der Waals surface area contributed by atoms with Gasteiger partial charge < -0.3 is 4.90 Å². The SMILES string of the molecule is C[n+]1c(C=C/C=C2\Sc3ccc4ccccc4c3N2CCCS(=O)(=O)O)sc2ccc3ccccc3c21. The summed E-state index contributed by atoms with van der Waals surface area (Å²) in [6.45, 7) is 0.496. The highest BCUT2D eigenvalue weighted by molar-refractivity contribution is 8.03. The number of anilines is 1. The van der Waals surface area contributed by atoms with Gasteiger partial charge in [-0.2, -0.15) is 13.0 Å². The number of benzene rings is 4.